The van der Waals surface area contributed by atoms with Crippen molar-refractivity contribution in [2.75, 3.05) is 5.32 Å². The third-order valence-corrected chi connectivity index (χ3v) is 5.91. The zero-order chi connectivity index (χ0) is 17.5. The van der Waals surface area contributed by atoms with Crippen LogP contribution in [0.4, 0.5) is 5.69 Å². The minimum atomic E-state index is 0.380. The maximum atomic E-state index is 3.84. The Labute approximate surface area is 155 Å². The lowest BCUT2D eigenvalue weighted by Crippen LogP contribution is -2.29. The van der Waals surface area contributed by atoms with Gasteiger partial charge in [0.15, 0.2) is 0 Å². The SMILES string of the molecule is Cc1ccc([C@@H]2Nc3ccc(-c4ccccc4)cc3[C@@H]3C=CC[C@@H]32)cc1. The molecule has 0 bridgehead atoms. The number of fused-ring (bicyclic) bond motifs is 3. The molecule has 1 N–H and O–H groups in total. The smallest absolute Gasteiger partial charge is 0.0553 e. The fraction of sp³-hybridized carbons (Fsp3) is 0.200. The lowest BCUT2D eigenvalue weighted by Gasteiger charge is -2.38. The van der Waals surface area contributed by atoms with Crippen LogP contribution < -0.4 is 5.32 Å². The first-order valence-electron chi connectivity index (χ1n) is 9.49. The van der Waals surface area contributed by atoms with Crippen LogP contribution in [0.3, 0.4) is 0 Å². The Morgan fingerprint density at radius 3 is 2.46 bits per heavy atom. The first-order valence-corrected chi connectivity index (χ1v) is 9.49. The number of anilines is 1. The minimum Gasteiger partial charge on any atom is -0.378 e. The van der Waals surface area contributed by atoms with E-state index in [-0.39, 0.29) is 0 Å². The van der Waals surface area contributed by atoms with Crippen molar-refractivity contribution in [3.05, 3.63) is 102 Å². The summed E-state index contributed by atoms with van der Waals surface area (Å²) in [5.41, 5.74) is 8.02. The van der Waals surface area contributed by atoms with E-state index in [2.05, 4.69) is 97.2 Å². The van der Waals surface area contributed by atoms with Crippen LogP contribution in [0.1, 0.15) is 35.1 Å². The van der Waals surface area contributed by atoms with Gasteiger partial charge in [-0.1, -0.05) is 78.4 Å². The molecule has 3 atom stereocenters. The quantitative estimate of drug-likeness (QED) is 0.527. The second kappa shape index (κ2) is 6.17. The van der Waals surface area contributed by atoms with Crippen LogP contribution in [-0.2, 0) is 0 Å². The van der Waals surface area contributed by atoms with E-state index in [0.29, 0.717) is 17.9 Å². The number of nitrogens with one attached hydrogen (secondary N) is 1. The van der Waals surface area contributed by atoms with Crippen LogP contribution in [-0.4, -0.2) is 0 Å². The molecule has 0 fully saturated rings. The number of hydrogen-bond donors (Lipinski definition) is 1. The molecule has 0 amide bonds. The normalized spacial score (nSPS) is 23.2. The van der Waals surface area contributed by atoms with Gasteiger partial charge in [0.25, 0.3) is 0 Å². The summed E-state index contributed by atoms with van der Waals surface area (Å²) in [5.74, 6) is 1.09. The molecule has 1 heteroatoms. The number of benzene rings is 3. The fourth-order valence-electron chi connectivity index (χ4n) is 4.51. The summed E-state index contributed by atoms with van der Waals surface area (Å²) >= 11 is 0. The average molecular weight is 337 g/mol. The second-order valence-corrected chi connectivity index (χ2v) is 7.55. The molecular formula is C25H23N. The fourth-order valence-corrected chi connectivity index (χ4v) is 4.51. The largest absolute Gasteiger partial charge is 0.378 e. The number of allylic oxidation sites excluding steroid dienone is 2. The van der Waals surface area contributed by atoms with Crippen molar-refractivity contribution in [2.45, 2.75) is 25.3 Å². The van der Waals surface area contributed by atoms with Gasteiger partial charge < -0.3 is 5.32 Å². The van der Waals surface area contributed by atoms with Crippen LogP contribution in [0.25, 0.3) is 11.1 Å². The van der Waals surface area contributed by atoms with Gasteiger partial charge >= 0.3 is 0 Å². The van der Waals surface area contributed by atoms with Crippen molar-refractivity contribution in [1.82, 2.24) is 0 Å². The summed E-state index contributed by atoms with van der Waals surface area (Å²) in [6.07, 6.45) is 5.92. The van der Waals surface area contributed by atoms with Crippen LogP contribution in [0.5, 0.6) is 0 Å². The van der Waals surface area contributed by atoms with Crippen molar-refractivity contribution >= 4 is 5.69 Å². The predicted molar refractivity (Wildman–Crippen MR) is 109 cm³/mol. The van der Waals surface area contributed by atoms with Gasteiger partial charge in [0.05, 0.1) is 6.04 Å². The Hall–Kier alpha value is -2.80. The summed E-state index contributed by atoms with van der Waals surface area (Å²) in [4.78, 5) is 0. The number of hydrogen-bond acceptors (Lipinski definition) is 1. The highest BCUT2D eigenvalue weighted by molar-refractivity contribution is 5.71. The first kappa shape index (κ1) is 15.5. The molecule has 0 unspecified atom stereocenters. The molecule has 0 saturated carbocycles. The van der Waals surface area contributed by atoms with Gasteiger partial charge in [-0.25, -0.2) is 0 Å². The van der Waals surface area contributed by atoms with Gasteiger partial charge in [-0.2, -0.15) is 0 Å². The van der Waals surface area contributed by atoms with E-state index in [1.807, 2.05) is 0 Å². The van der Waals surface area contributed by atoms with Crippen molar-refractivity contribution < 1.29 is 0 Å². The van der Waals surface area contributed by atoms with E-state index >= 15 is 0 Å². The van der Waals surface area contributed by atoms with Crippen LogP contribution in [0, 0.1) is 12.8 Å². The highest BCUT2D eigenvalue weighted by atomic mass is 15.0. The second-order valence-electron chi connectivity index (χ2n) is 7.55. The molecule has 128 valence electrons. The molecule has 1 aliphatic carbocycles. The maximum Gasteiger partial charge on any atom is 0.0553 e. The molecule has 0 radical (unpaired) electrons. The van der Waals surface area contributed by atoms with Crippen molar-refractivity contribution in [1.29, 1.82) is 0 Å². The van der Waals surface area contributed by atoms with E-state index in [1.54, 1.807) is 0 Å². The predicted octanol–water partition coefficient (Wildman–Crippen LogP) is 6.49. The maximum absolute atomic E-state index is 3.84. The molecule has 3 aromatic rings. The zero-order valence-electron chi connectivity index (χ0n) is 15.0. The van der Waals surface area contributed by atoms with Crippen LogP contribution >= 0.6 is 0 Å². The Balaban J connectivity index is 1.56. The molecule has 3 aromatic carbocycles. The van der Waals surface area contributed by atoms with E-state index < -0.39 is 0 Å². The Morgan fingerprint density at radius 2 is 1.65 bits per heavy atom. The zero-order valence-corrected chi connectivity index (χ0v) is 15.0. The molecule has 5 rings (SSSR count). The van der Waals surface area contributed by atoms with E-state index in [0.717, 1.165) is 6.42 Å². The molecule has 1 heterocycles. The van der Waals surface area contributed by atoms with Crippen molar-refractivity contribution in [3.8, 4) is 11.1 Å². The molecule has 2 aliphatic rings. The molecule has 1 nitrogen and oxygen atoms in total. The first-order chi connectivity index (χ1) is 12.8. The van der Waals surface area contributed by atoms with E-state index in [9.17, 15) is 0 Å². The number of aryl methyl sites for hydroxylation is 1. The van der Waals surface area contributed by atoms with Gasteiger partial charge in [0.1, 0.15) is 0 Å². The van der Waals surface area contributed by atoms with E-state index in [4.69, 9.17) is 0 Å². The highest BCUT2D eigenvalue weighted by Crippen LogP contribution is 2.50. The molecular weight excluding hydrogens is 314 g/mol. The molecule has 0 aromatic heterocycles. The summed E-state index contributed by atoms with van der Waals surface area (Å²) in [5, 5.41) is 3.84. The molecule has 1 aliphatic heterocycles. The van der Waals surface area contributed by atoms with Gasteiger partial charge in [0.2, 0.25) is 0 Å². The van der Waals surface area contributed by atoms with Crippen molar-refractivity contribution in [3.63, 3.8) is 0 Å². The summed E-state index contributed by atoms with van der Waals surface area (Å²) in [6, 6.07) is 27.0. The lowest BCUT2D eigenvalue weighted by atomic mass is 9.76. The van der Waals surface area contributed by atoms with Gasteiger partial charge in [-0.05, 0) is 53.6 Å². The summed E-state index contributed by atoms with van der Waals surface area (Å²) in [6.45, 7) is 2.15. The van der Waals surface area contributed by atoms with Crippen LogP contribution in [0.2, 0.25) is 0 Å². The van der Waals surface area contributed by atoms with Crippen LogP contribution in [0.15, 0.2) is 84.9 Å². The topological polar surface area (TPSA) is 12.0 Å². The third kappa shape index (κ3) is 2.55. The van der Waals surface area contributed by atoms with Gasteiger partial charge in [-0.3, -0.25) is 0 Å². The monoisotopic (exact) mass is 337 g/mol. The van der Waals surface area contributed by atoms with Crippen molar-refractivity contribution in [2.24, 2.45) is 5.92 Å². The third-order valence-electron chi connectivity index (χ3n) is 5.91. The molecule has 0 spiro atoms. The Kier molecular flexibility index (Phi) is 3.67. The summed E-state index contributed by atoms with van der Waals surface area (Å²) in [7, 11) is 0. The highest BCUT2D eigenvalue weighted by Gasteiger charge is 2.37. The Morgan fingerprint density at radius 1 is 0.846 bits per heavy atom. The standard InChI is InChI=1S/C25H23N/c1-17-10-12-19(13-11-17)25-22-9-5-8-21(22)23-16-20(14-15-24(23)26-25)18-6-3-2-4-7-18/h2-8,10-16,21-22,25-26H,9H2,1H3/t21-,22+,25+/m1/s1. The average Bonchev–Trinajstić information content (AvgIpc) is 3.19. The summed E-state index contributed by atoms with van der Waals surface area (Å²) < 4.78 is 0. The molecule has 26 heavy (non-hydrogen) atoms. The van der Waals surface area contributed by atoms with Gasteiger partial charge in [-0.15, -0.1) is 0 Å². The Bertz CT molecular complexity index is 953. The molecule has 0 saturated heterocycles. The van der Waals surface area contributed by atoms with E-state index in [1.165, 1.54) is 33.5 Å². The minimum absolute atomic E-state index is 0.380. The van der Waals surface area contributed by atoms with Gasteiger partial charge in [0, 0.05) is 11.6 Å². The lowest BCUT2D eigenvalue weighted by molar-refractivity contribution is 0.425. The number of rotatable bonds is 2.